The molecule has 4 nitrogen and oxygen atoms in total. The fraction of sp³-hybridized carbons (Fsp3) is 0.364. The van der Waals surface area contributed by atoms with Crippen LogP contribution in [0.5, 0.6) is 0 Å². The van der Waals surface area contributed by atoms with Gasteiger partial charge in [0.1, 0.15) is 0 Å². The predicted octanol–water partition coefficient (Wildman–Crippen LogP) is 2.90. The SMILES string of the molecule is O=C(N=S1(=O)CCOCc2ccc(Br)cc21)C(F)(F)F. The fourth-order valence-corrected chi connectivity index (χ4v) is 4.17. The van der Waals surface area contributed by atoms with Crippen molar-refractivity contribution >= 4 is 31.6 Å². The van der Waals surface area contributed by atoms with Crippen LogP contribution in [0.15, 0.2) is 31.9 Å². The number of carbonyl (C=O) groups is 1. The van der Waals surface area contributed by atoms with E-state index >= 15 is 0 Å². The van der Waals surface area contributed by atoms with Crippen molar-refractivity contribution < 1.29 is 26.9 Å². The number of carbonyl (C=O) groups excluding carboxylic acids is 1. The Kier molecular flexibility index (Phi) is 4.22. The van der Waals surface area contributed by atoms with Crippen LogP contribution >= 0.6 is 15.9 Å². The third kappa shape index (κ3) is 3.21. The summed E-state index contributed by atoms with van der Waals surface area (Å²) < 4.78 is 58.3. The van der Waals surface area contributed by atoms with Crippen LogP contribution in [-0.2, 0) is 25.9 Å². The number of hydrogen-bond donors (Lipinski definition) is 0. The Bertz CT molecular complexity index is 665. The van der Waals surface area contributed by atoms with Crippen molar-refractivity contribution in [3.8, 4) is 0 Å². The Morgan fingerprint density at radius 2 is 2.10 bits per heavy atom. The van der Waals surface area contributed by atoms with Crippen LogP contribution in [0.4, 0.5) is 13.2 Å². The van der Waals surface area contributed by atoms with Crippen LogP contribution in [-0.4, -0.2) is 28.7 Å². The molecule has 0 saturated heterocycles. The number of ether oxygens (including phenoxy) is 1. The zero-order valence-corrected chi connectivity index (χ0v) is 12.3. The van der Waals surface area contributed by atoms with Gasteiger partial charge in [0.25, 0.3) is 0 Å². The molecule has 1 aromatic rings. The van der Waals surface area contributed by atoms with Crippen molar-refractivity contribution in [3.63, 3.8) is 0 Å². The summed E-state index contributed by atoms with van der Waals surface area (Å²) in [4.78, 5) is 11.1. The highest BCUT2D eigenvalue weighted by Crippen LogP contribution is 2.28. The molecule has 0 aliphatic carbocycles. The maximum Gasteiger partial charge on any atom is 0.474 e. The molecular formula is C11H9BrF3NO3S. The van der Waals surface area contributed by atoms with Crippen LogP contribution in [0.1, 0.15) is 5.56 Å². The number of benzene rings is 1. The summed E-state index contributed by atoms with van der Waals surface area (Å²) in [5.41, 5.74) is 0.467. The number of halogens is 4. The van der Waals surface area contributed by atoms with Gasteiger partial charge in [0.05, 0.1) is 33.6 Å². The first-order chi connectivity index (χ1) is 9.22. The summed E-state index contributed by atoms with van der Waals surface area (Å²) in [6.07, 6.45) is -5.14. The monoisotopic (exact) mass is 371 g/mol. The summed E-state index contributed by atoms with van der Waals surface area (Å²) >= 11 is 3.16. The zero-order chi connectivity index (χ0) is 15.0. The van der Waals surface area contributed by atoms with Gasteiger partial charge in [-0.1, -0.05) is 22.0 Å². The van der Waals surface area contributed by atoms with Crippen molar-refractivity contribution in [1.29, 1.82) is 0 Å². The van der Waals surface area contributed by atoms with Crippen molar-refractivity contribution in [2.45, 2.75) is 17.7 Å². The second-order valence-corrected chi connectivity index (χ2v) is 7.27. The smallest absolute Gasteiger partial charge is 0.376 e. The highest BCUT2D eigenvalue weighted by atomic mass is 79.9. The van der Waals surface area contributed by atoms with E-state index in [1.165, 1.54) is 6.07 Å². The van der Waals surface area contributed by atoms with E-state index in [1.807, 2.05) is 0 Å². The number of nitrogens with zero attached hydrogens (tertiary/aromatic N) is 1. The van der Waals surface area contributed by atoms with E-state index in [-0.39, 0.29) is 23.9 Å². The number of hydrogen-bond acceptors (Lipinski definition) is 3. The van der Waals surface area contributed by atoms with E-state index in [9.17, 15) is 22.2 Å². The highest BCUT2D eigenvalue weighted by molar-refractivity contribution is 9.10. The molecule has 0 N–H and O–H groups in total. The molecule has 20 heavy (non-hydrogen) atoms. The third-order valence-electron chi connectivity index (χ3n) is 2.61. The van der Waals surface area contributed by atoms with Gasteiger partial charge in [-0.25, -0.2) is 4.21 Å². The van der Waals surface area contributed by atoms with Crippen LogP contribution < -0.4 is 0 Å². The quantitative estimate of drug-likeness (QED) is 0.704. The molecule has 1 aliphatic rings. The molecule has 9 heteroatoms. The lowest BCUT2D eigenvalue weighted by atomic mass is 10.2. The summed E-state index contributed by atoms with van der Waals surface area (Å²) in [7, 11) is -3.49. The standard InChI is InChI=1S/C11H9BrF3NO3S/c12-8-2-1-7-6-19-3-4-20(18,9(7)5-8)16-10(17)11(13,14)15/h1-2,5H,3-4,6H2. The summed E-state index contributed by atoms with van der Waals surface area (Å²) in [6, 6.07) is 4.65. The largest absolute Gasteiger partial charge is 0.474 e. The molecule has 1 atom stereocenters. The average molecular weight is 372 g/mol. The topological polar surface area (TPSA) is 55.7 Å². The lowest BCUT2D eigenvalue weighted by Crippen LogP contribution is -2.23. The lowest BCUT2D eigenvalue weighted by Gasteiger charge is -2.10. The number of amides is 1. The molecule has 0 saturated carbocycles. The molecule has 0 spiro atoms. The first kappa shape index (κ1) is 15.5. The molecule has 0 fully saturated rings. The molecule has 1 heterocycles. The number of rotatable bonds is 0. The van der Waals surface area contributed by atoms with Gasteiger partial charge in [-0.3, -0.25) is 4.79 Å². The Morgan fingerprint density at radius 3 is 2.75 bits per heavy atom. The van der Waals surface area contributed by atoms with E-state index in [1.54, 1.807) is 12.1 Å². The maximum atomic E-state index is 12.7. The van der Waals surface area contributed by atoms with Gasteiger partial charge in [-0.2, -0.15) is 13.2 Å². The van der Waals surface area contributed by atoms with E-state index in [2.05, 4.69) is 20.3 Å². The van der Waals surface area contributed by atoms with E-state index in [0.717, 1.165) is 0 Å². The molecule has 1 aliphatic heterocycles. The van der Waals surface area contributed by atoms with Crippen LogP contribution in [0.3, 0.4) is 0 Å². The van der Waals surface area contributed by atoms with Gasteiger partial charge in [-0.05, 0) is 17.7 Å². The molecule has 1 unspecified atom stereocenters. The molecule has 0 radical (unpaired) electrons. The normalized spacial score (nSPS) is 22.8. The second kappa shape index (κ2) is 5.45. The Balaban J connectivity index is 2.62. The van der Waals surface area contributed by atoms with Gasteiger partial charge < -0.3 is 4.74 Å². The van der Waals surface area contributed by atoms with E-state index in [4.69, 9.17) is 4.74 Å². The van der Waals surface area contributed by atoms with Gasteiger partial charge in [-0.15, -0.1) is 4.36 Å². The second-order valence-electron chi connectivity index (χ2n) is 4.04. The Morgan fingerprint density at radius 1 is 1.40 bits per heavy atom. The summed E-state index contributed by atoms with van der Waals surface area (Å²) in [5, 5.41) is 0. The van der Waals surface area contributed by atoms with Gasteiger partial charge >= 0.3 is 12.1 Å². The Hall–Kier alpha value is -0.930. The van der Waals surface area contributed by atoms with Crippen LogP contribution in [0, 0.1) is 0 Å². The third-order valence-corrected chi connectivity index (χ3v) is 5.35. The summed E-state index contributed by atoms with van der Waals surface area (Å²) in [5.74, 6) is -2.59. The molecule has 1 amide bonds. The minimum atomic E-state index is -5.14. The zero-order valence-electron chi connectivity index (χ0n) is 9.95. The molecule has 0 bridgehead atoms. The van der Waals surface area contributed by atoms with E-state index < -0.39 is 21.8 Å². The van der Waals surface area contributed by atoms with Crippen molar-refractivity contribution in [2.75, 3.05) is 12.4 Å². The maximum absolute atomic E-state index is 12.7. The van der Waals surface area contributed by atoms with Crippen LogP contribution in [0.25, 0.3) is 0 Å². The van der Waals surface area contributed by atoms with Gasteiger partial charge in [0.15, 0.2) is 0 Å². The number of fused-ring (bicyclic) bond motifs is 1. The van der Waals surface area contributed by atoms with E-state index in [0.29, 0.717) is 10.0 Å². The first-order valence-corrected chi connectivity index (χ1v) is 7.92. The molecule has 1 aromatic carbocycles. The average Bonchev–Trinajstić information content (AvgIpc) is 2.49. The molecule has 2 rings (SSSR count). The van der Waals surface area contributed by atoms with Crippen molar-refractivity contribution in [2.24, 2.45) is 4.36 Å². The number of alkyl halides is 3. The minimum Gasteiger partial charge on any atom is -0.376 e. The van der Waals surface area contributed by atoms with Gasteiger partial charge in [0, 0.05) is 4.47 Å². The minimum absolute atomic E-state index is 0.0280. The molecule has 0 aromatic heterocycles. The first-order valence-electron chi connectivity index (χ1n) is 5.44. The van der Waals surface area contributed by atoms with Gasteiger partial charge in [0.2, 0.25) is 0 Å². The molecular weight excluding hydrogens is 363 g/mol. The Labute approximate surface area is 121 Å². The lowest BCUT2D eigenvalue weighted by molar-refractivity contribution is -0.169. The highest BCUT2D eigenvalue weighted by Gasteiger charge is 2.40. The van der Waals surface area contributed by atoms with Crippen molar-refractivity contribution in [3.05, 3.63) is 28.2 Å². The predicted molar refractivity (Wildman–Crippen MR) is 68.6 cm³/mol. The summed E-state index contributed by atoms with van der Waals surface area (Å²) in [6.45, 7) is 0.0924. The van der Waals surface area contributed by atoms with Crippen molar-refractivity contribution in [1.82, 2.24) is 0 Å². The molecule has 110 valence electrons. The van der Waals surface area contributed by atoms with Crippen LogP contribution in [0.2, 0.25) is 0 Å². The fourth-order valence-electron chi connectivity index (χ4n) is 1.69.